The molecule has 1 aliphatic rings. The fourth-order valence-corrected chi connectivity index (χ4v) is 3.36. The SMILES string of the molecule is COc1cn(CC(=O)Nc2ccccc2)c(CN2CCN(C(C)=O)CC2)cc1=O. The van der Waals surface area contributed by atoms with Gasteiger partial charge in [-0.1, -0.05) is 18.2 Å². The van der Waals surface area contributed by atoms with Crippen LogP contribution in [0, 0.1) is 0 Å². The number of nitrogens with one attached hydrogen (secondary N) is 1. The molecule has 8 nitrogen and oxygen atoms in total. The average Bonchev–Trinajstić information content (AvgIpc) is 2.71. The predicted octanol–water partition coefficient (Wildman–Crippen LogP) is 1.16. The number of anilines is 1. The molecule has 1 aromatic heterocycles. The lowest BCUT2D eigenvalue weighted by molar-refractivity contribution is -0.130. The van der Waals surface area contributed by atoms with Gasteiger partial charge in [-0.3, -0.25) is 19.3 Å². The highest BCUT2D eigenvalue weighted by Crippen LogP contribution is 2.13. The van der Waals surface area contributed by atoms with Gasteiger partial charge >= 0.3 is 0 Å². The zero-order valence-electron chi connectivity index (χ0n) is 16.8. The van der Waals surface area contributed by atoms with Crippen molar-refractivity contribution in [1.29, 1.82) is 0 Å². The molecule has 154 valence electrons. The number of carbonyl (C=O) groups is 2. The lowest BCUT2D eigenvalue weighted by Gasteiger charge is -2.34. The van der Waals surface area contributed by atoms with Crippen molar-refractivity contribution in [3.63, 3.8) is 0 Å². The van der Waals surface area contributed by atoms with Crippen molar-refractivity contribution in [3.05, 3.63) is 58.5 Å². The quantitative estimate of drug-likeness (QED) is 0.790. The first kappa shape index (κ1) is 20.6. The molecule has 0 atom stereocenters. The number of piperazine rings is 1. The maximum Gasteiger partial charge on any atom is 0.244 e. The minimum Gasteiger partial charge on any atom is -0.491 e. The number of hydrogen-bond donors (Lipinski definition) is 1. The number of hydrogen-bond acceptors (Lipinski definition) is 5. The Morgan fingerprint density at radius 2 is 1.79 bits per heavy atom. The van der Waals surface area contributed by atoms with Crippen LogP contribution < -0.4 is 15.5 Å². The second kappa shape index (κ2) is 9.38. The van der Waals surface area contributed by atoms with Crippen molar-refractivity contribution in [2.24, 2.45) is 0 Å². The summed E-state index contributed by atoms with van der Waals surface area (Å²) in [7, 11) is 1.44. The summed E-state index contributed by atoms with van der Waals surface area (Å²) in [6, 6.07) is 10.7. The van der Waals surface area contributed by atoms with E-state index >= 15 is 0 Å². The third-order valence-electron chi connectivity index (χ3n) is 4.98. The van der Waals surface area contributed by atoms with Crippen molar-refractivity contribution in [2.45, 2.75) is 20.0 Å². The first-order valence-electron chi connectivity index (χ1n) is 9.56. The van der Waals surface area contributed by atoms with Gasteiger partial charge in [-0.05, 0) is 12.1 Å². The molecule has 0 radical (unpaired) electrons. The predicted molar refractivity (Wildman–Crippen MR) is 110 cm³/mol. The Hall–Kier alpha value is -3.13. The molecule has 3 rings (SSSR count). The van der Waals surface area contributed by atoms with Crippen LogP contribution in [0.3, 0.4) is 0 Å². The summed E-state index contributed by atoms with van der Waals surface area (Å²) in [6.07, 6.45) is 1.58. The molecule has 1 N–H and O–H groups in total. The number of pyridine rings is 1. The summed E-state index contributed by atoms with van der Waals surface area (Å²) in [5.74, 6) is 0.0794. The normalized spacial score (nSPS) is 14.5. The Labute approximate surface area is 169 Å². The van der Waals surface area contributed by atoms with E-state index in [2.05, 4.69) is 10.2 Å². The van der Waals surface area contributed by atoms with E-state index in [0.717, 1.165) is 18.8 Å². The van der Waals surface area contributed by atoms with Gasteiger partial charge in [0, 0.05) is 57.1 Å². The number of rotatable bonds is 6. The highest BCUT2D eigenvalue weighted by molar-refractivity contribution is 5.90. The van der Waals surface area contributed by atoms with E-state index in [9.17, 15) is 14.4 Å². The van der Waals surface area contributed by atoms with E-state index in [1.807, 2.05) is 35.2 Å². The zero-order chi connectivity index (χ0) is 20.8. The average molecular weight is 398 g/mol. The van der Waals surface area contributed by atoms with Gasteiger partial charge in [0.25, 0.3) is 0 Å². The van der Waals surface area contributed by atoms with E-state index < -0.39 is 0 Å². The van der Waals surface area contributed by atoms with Gasteiger partial charge in [0.05, 0.1) is 13.3 Å². The molecule has 1 aliphatic heterocycles. The lowest BCUT2D eigenvalue weighted by Crippen LogP contribution is -2.47. The Morgan fingerprint density at radius 1 is 1.10 bits per heavy atom. The Kier molecular flexibility index (Phi) is 6.66. The van der Waals surface area contributed by atoms with Gasteiger partial charge in [-0.2, -0.15) is 0 Å². The molecule has 0 spiro atoms. The summed E-state index contributed by atoms with van der Waals surface area (Å²) >= 11 is 0. The van der Waals surface area contributed by atoms with Crippen molar-refractivity contribution in [2.75, 3.05) is 38.6 Å². The summed E-state index contributed by atoms with van der Waals surface area (Å²) < 4.78 is 6.89. The van der Waals surface area contributed by atoms with Crippen LogP contribution in [0.4, 0.5) is 5.69 Å². The van der Waals surface area contributed by atoms with E-state index in [0.29, 0.717) is 25.3 Å². The number of carbonyl (C=O) groups excluding carboxylic acids is 2. The molecule has 1 aromatic carbocycles. The van der Waals surface area contributed by atoms with Crippen LogP contribution in [0.15, 0.2) is 47.4 Å². The van der Waals surface area contributed by atoms with Crippen molar-refractivity contribution in [1.82, 2.24) is 14.4 Å². The Balaban J connectivity index is 1.74. The van der Waals surface area contributed by atoms with E-state index in [1.54, 1.807) is 17.7 Å². The van der Waals surface area contributed by atoms with Crippen molar-refractivity contribution < 1.29 is 14.3 Å². The molecule has 2 amide bonds. The molecule has 1 saturated heterocycles. The largest absolute Gasteiger partial charge is 0.491 e. The fourth-order valence-electron chi connectivity index (χ4n) is 3.36. The second-order valence-electron chi connectivity index (χ2n) is 7.02. The monoisotopic (exact) mass is 398 g/mol. The van der Waals surface area contributed by atoms with E-state index in [1.165, 1.54) is 13.2 Å². The van der Waals surface area contributed by atoms with Gasteiger partial charge in [0.2, 0.25) is 17.2 Å². The number of amides is 2. The summed E-state index contributed by atoms with van der Waals surface area (Å²) in [5.41, 5.74) is 1.23. The molecule has 0 saturated carbocycles. The summed E-state index contributed by atoms with van der Waals surface area (Å²) in [4.78, 5) is 40.3. The lowest BCUT2D eigenvalue weighted by atomic mass is 10.2. The van der Waals surface area contributed by atoms with Gasteiger partial charge in [0.1, 0.15) is 6.54 Å². The second-order valence-corrected chi connectivity index (χ2v) is 7.02. The van der Waals surface area contributed by atoms with E-state index in [4.69, 9.17) is 4.74 Å². The molecular weight excluding hydrogens is 372 g/mol. The topological polar surface area (TPSA) is 83.9 Å². The number of para-hydroxylation sites is 1. The smallest absolute Gasteiger partial charge is 0.244 e. The Bertz CT molecular complexity index is 918. The first-order valence-corrected chi connectivity index (χ1v) is 9.56. The number of methoxy groups -OCH3 is 1. The van der Waals surface area contributed by atoms with Crippen LogP contribution in [0.25, 0.3) is 0 Å². The standard InChI is InChI=1S/C21H26N4O4/c1-16(26)24-10-8-23(9-11-24)13-18-12-19(27)20(29-2)14-25(18)15-21(28)22-17-6-4-3-5-7-17/h3-7,12,14H,8-11,13,15H2,1-2H3,(H,22,28). The van der Waals surface area contributed by atoms with Crippen LogP contribution >= 0.6 is 0 Å². The number of ether oxygens (including phenoxy) is 1. The van der Waals surface area contributed by atoms with Crippen LogP contribution in [-0.2, 0) is 22.7 Å². The maximum atomic E-state index is 12.5. The molecule has 29 heavy (non-hydrogen) atoms. The van der Waals surface area contributed by atoms with Gasteiger partial charge in [-0.25, -0.2) is 0 Å². The number of nitrogens with zero attached hydrogens (tertiary/aromatic N) is 3. The molecule has 0 bridgehead atoms. The molecule has 8 heteroatoms. The Morgan fingerprint density at radius 3 is 2.41 bits per heavy atom. The van der Waals surface area contributed by atoms with E-state index in [-0.39, 0.29) is 29.5 Å². The summed E-state index contributed by atoms with van der Waals surface area (Å²) in [6.45, 7) is 4.90. The number of benzene rings is 1. The molecule has 0 unspecified atom stereocenters. The van der Waals surface area contributed by atoms with Gasteiger partial charge in [0.15, 0.2) is 5.75 Å². The van der Waals surface area contributed by atoms with Gasteiger partial charge < -0.3 is 19.5 Å². The highest BCUT2D eigenvalue weighted by Gasteiger charge is 2.20. The molecule has 2 heterocycles. The highest BCUT2D eigenvalue weighted by atomic mass is 16.5. The third-order valence-corrected chi connectivity index (χ3v) is 4.98. The fraction of sp³-hybridized carbons (Fsp3) is 0.381. The minimum absolute atomic E-state index is 0.0638. The van der Waals surface area contributed by atoms with Crippen molar-refractivity contribution in [3.8, 4) is 5.75 Å². The summed E-state index contributed by atoms with van der Waals surface area (Å²) in [5, 5.41) is 2.86. The molecule has 2 aromatic rings. The van der Waals surface area contributed by atoms with Crippen molar-refractivity contribution >= 4 is 17.5 Å². The first-order chi connectivity index (χ1) is 14.0. The zero-order valence-corrected chi connectivity index (χ0v) is 16.8. The van der Waals surface area contributed by atoms with Crippen LogP contribution in [0.2, 0.25) is 0 Å². The van der Waals surface area contributed by atoms with Gasteiger partial charge in [-0.15, -0.1) is 0 Å². The molecule has 0 aliphatic carbocycles. The minimum atomic E-state index is -0.218. The molecule has 1 fully saturated rings. The van der Waals surface area contributed by atoms with Crippen LogP contribution in [-0.4, -0.2) is 59.5 Å². The maximum absolute atomic E-state index is 12.5. The van der Waals surface area contributed by atoms with Crippen LogP contribution in [0.1, 0.15) is 12.6 Å². The molecular formula is C21H26N4O4. The van der Waals surface area contributed by atoms with Crippen LogP contribution in [0.5, 0.6) is 5.75 Å². The third kappa shape index (κ3) is 5.45. The number of aromatic nitrogens is 1.